The Kier molecular flexibility index (Phi) is 26.4. The third-order valence-electron chi connectivity index (χ3n) is 10.1. The van der Waals surface area contributed by atoms with Crippen LogP contribution in [0.2, 0.25) is 0 Å². The van der Waals surface area contributed by atoms with Crippen molar-refractivity contribution in [3.05, 3.63) is 36.5 Å². The van der Waals surface area contributed by atoms with Crippen molar-refractivity contribution in [3.8, 4) is 0 Å². The average Bonchev–Trinajstić information content (AvgIpc) is 3.18. The van der Waals surface area contributed by atoms with Crippen LogP contribution >= 0.6 is 0 Å². The summed E-state index contributed by atoms with van der Waals surface area (Å²) in [6, 6.07) is -0.832. The van der Waals surface area contributed by atoms with Gasteiger partial charge in [-0.25, -0.2) is 0 Å². The van der Waals surface area contributed by atoms with Gasteiger partial charge in [0.1, 0.15) is 48.8 Å². The maximum atomic E-state index is 13.0. The number of hydrogen-bond donors (Lipinski definition) is 9. The molecule has 14 nitrogen and oxygen atoms in total. The fourth-order valence-corrected chi connectivity index (χ4v) is 6.66. The molecule has 0 spiro atoms. The number of rotatable bonds is 29. The number of allylic oxidation sites excluding steroid dienone is 6. The molecule has 0 aromatic heterocycles. The molecular formula is C41H73NO13. The fourth-order valence-electron chi connectivity index (χ4n) is 6.66. The van der Waals surface area contributed by atoms with Gasteiger partial charge in [0, 0.05) is 6.42 Å². The highest BCUT2D eigenvalue weighted by molar-refractivity contribution is 5.76. The molecule has 0 aromatic rings. The first-order chi connectivity index (χ1) is 26.6. The Bertz CT molecular complexity index is 1070. The van der Waals surface area contributed by atoms with Crippen LogP contribution in [0.1, 0.15) is 123 Å². The van der Waals surface area contributed by atoms with Crippen molar-refractivity contribution in [3.63, 3.8) is 0 Å². The van der Waals surface area contributed by atoms with Crippen molar-refractivity contribution in [2.45, 2.75) is 197 Å². The first kappa shape index (κ1) is 49.4. The monoisotopic (exact) mass is 788 g/mol. The Morgan fingerprint density at radius 2 is 1.25 bits per heavy atom. The number of unbranched alkanes of at least 4 members (excludes halogenated alkanes) is 10. The van der Waals surface area contributed by atoms with E-state index < -0.39 is 86.8 Å². The number of ether oxygens (including phenoxy) is 4. The molecule has 0 aromatic carbocycles. The zero-order valence-corrected chi connectivity index (χ0v) is 33.2. The van der Waals surface area contributed by atoms with Gasteiger partial charge in [0.05, 0.1) is 32.0 Å². The quantitative estimate of drug-likeness (QED) is 0.0393. The first-order valence-electron chi connectivity index (χ1n) is 20.7. The highest BCUT2D eigenvalue weighted by atomic mass is 16.7. The minimum Gasteiger partial charge on any atom is -0.394 e. The van der Waals surface area contributed by atoms with E-state index in [-0.39, 0.29) is 18.9 Å². The summed E-state index contributed by atoms with van der Waals surface area (Å²) in [7, 11) is 0. The molecule has 2 aliphatic rings. The molecule has 0 radical (unpaired) electrons. The van der Waals surface area contributed by atoms with Crippen molar-refractivity contribution in [2.75, 3.05) is 19.8 Å². The van der Waals surface area contributed by atoms with Crippen LogP contribution in [-0.2, 0) is 23.7 Å². The summed E-state index contributed by atoms with van der Waals surface area (Å²) in [4.78, 5) is 13.0. The third-order valence-corrected chi connectivity index (χ3v) is 10.1. The van der Waals surface area contributed by atoms with E-state index in [1.165, 1.54) is 0 Å². The third kappa shape index (κ3) is 18.6. The lowest BCUT2D eigenvalue weighted by atomic mass is 9.97. The molecule has 55 heavy (non-hydrogen) atoms. The summed E-state index contributed by atoms with van der Waals surface area (Å²) in [5, 5.41) is 86.1. The normalized spacial score (nSPS) is 30.1. The average molecular weight is 788 g/mol. The van der Waals surface area contributed by atoms with Gasteiger partial charge in [0.25, 0.3) is 0 Å². The molecule has 2 fully saturated rings. The fraction of sp³-hybridized carbons (Fsp3) is 0.829. The molecule has 2 rings (SSSR count). The summed E-state index contributed by atoms with van der Waals surface area (Å²) in [6.07, 6.45) is 12.0. The predicted octanol–water partition coefficient (Wildman–Crippen LogP) is 2.81. The summed E-state index contributed by atoms with van der Waals surface area (Å²) in [5.41, 5.74) is 0. The number of aliphatic hydroxyl groups excluding tert-OH is 8. The lowest BCUT2D eigenvalue weighted by Gasteiger charge is -2.46. The molecule has 2 saturated heterocycles. The van der Waals surface area contributed by atoms with Crippen LogP contribution < -0.4 is 5.32 Å². The number of hydrogen-bond acceptors (Lipinski definition) is 13. The molecule has 0 saturated carbocycles. The standard InChI is InChI=1S/C41H73NO13/c1-3-5-7-9-11-12-13-14-15-16-17-18-19-21-23-25-33(46)42-29(30(45)24-22-20-10-8-6-4-2)28-52-40-38(51)36(49)39(32(27-44)54-40)55-41-37(50)35(48)34(47)31(26-43)53-41/h5,7,11-12,14-15,29-32,34-41,43-45,47-51H,3-4,6,8-10,13,16-28H2,1-2H3,(H,42,46)/b7-5-,12-11-,15-14-. The van der Waals surface area contributed by atoms with E-state index in [0.29, 0.717) is 12.8 Å². The summed E-state index contributed by atoms with van der Waals surface area (Å²) in [5.74, 6) is -0.233. The minimum atomic E-state index is -1.78. The SMILES string of the molecule is CC/C=C\C/C=C\C/C=C\CCCCCCCC(=O)NC(COC1OC(CO)C(OC2OC(CO)C(O)C(O)C2O)C(O)C1O)C(O)CCCCCCCC. The smallest absolute Gasteiger partial charge is 0.220 e. The Labute approximate surface area is 328 Å². The molecule has 2 aliphatic heterocycles. The van der Waals surface area contributed by atoms with E-state index in [4.69, 9.17) is 18.9 Å². The molecule has 12 atom stereocenters. The number of nitrogens with one attached hydrogen (secondary N) is 1. The predicted molar refractivity (Wildman–Crippen MR) is 208 cm³/mol. The van der Waals surface area contributed by atoms with Gasteiger partial charge in [-0.05, 0) is 44.9 Å². The zero-order valence-electron chi connectivity index (χ0n) is 33.2. The Hall–Kier alpha value is -1.79. The van der Waals surface area contributed by atoms with E-state index in [2.05, 4.69) is 55.6 Å². The Morgan fingerprint density at radius 3 is 1.93 bits per heavy atom. The second-order valence-electron chi connectivity index (χ2n) is 14.7. The number of amides is 1. The van der Waals surface area contributed by atoms with Crippen LogP contribution in [0.5, 0.6) is 0 Å². The Morgan fingerprint density at radius 1 is 0.673 bits per heavy atom. The molecule has 2 heterocycles. The highest BCUT2D eigenvalue weighted by Gasteiger charge is 2.50. The van der Waals surface area contributed by atoms with Gasteiger partial charge in [0.15, 0.2) is 12.6 Å². The molecule has 320 valence electrons. The topological polar surface area (TPSA) is 228 Å². The number of carbonyl (C=O) groups excluding carboxylic acids is 1. The van der Waals surface area contributed by atoms with Gasteiger partial charge in [0.2, 0.25) is 5.91 Å². The maximum absolute atomic E-state index is 13.0. The number of aliphatic hydroxyl groups is 8. The van der Waals surface area contributed by atoms with E-state index >= 15 is 0 Å². The van der Waals surface area contributed by atoms with Crippen LogP contribution in [0, 0.1) is 0 Å². The van der Waals surface area contributed by atoms with Crippen LogP contribution in [0.15, 0.2) is 36.5 Å². The van der Waals surface area contributed by atoms with Crippen molar-refractivity contribution in [1.29, 1.82) is 0 Å². The highest BCUT2D eigenvalue weighted by Crippen LogP contribution is 2.30. The number of carbonyl (C=O) groups is 1. The molecule has 0 aliphatic carbocycles. The van der Waals surface area contributed by atoms with Crippen LogP contribution in [0.25, 0.3) is 0 Å². The largest absolute Gasteiger partial charge is 0.394 e. The van der Waals surface area contributed by atoms with E-state index in [0.717, 1.165) is 89.9 Å². The van der Waals surface area contributed by atoms with Crippen LogP contribution in [0.3, 0.4) is 0 Å². The molecule has 12 unspecified atom stereocenters. The first-order valence-corrected chi connectivity index (χ1v) is 20.7. The van der Waals surface area contributed by atoms with Gasteiger partial charge < -0.3 is 65.1 Å². The van der Waals surface area contributed by atoms with Gasteiger partial charge in [-0.3, -0.25) is 4.79 Å². The Balaban J connectivity index is 1.87. The minimum absolute atomic E-state index is 0.233. The molecule has 9 N–H and O–H groups in total. The van der Waals surface area contributed by atoms with Crippen molar-refractivity contribution < 1.29 is 64.6 Å². The second-order valence-corrected chi connectivity index (χ2v) is 14.7. The second kappa shape index (κ2) is 29.4. The van der Waals surface area contributed by atoms with E-state index in [1.54, 1.807) is 0 Å². The lowest BCUT2D eigenvalue weighted by molar-refractivity contribution is -0.359. The van der Waals surface area contributed by atoms with Crippen molar-refractivity contribution >= 4 is 5.91 Å². The van der Waals surface area contributed by atoms with Crippen LogP contribution in [0.4, 0.5) is 0 Å². The lowest BCUT2D eigenvalue weighted by Crippen LogP contribution is -2.65. The van der Waals surface area contributed by atoms with Crippen molar-refractivity contribution in [2.24, 2.45) is 0 Å². The molecule has 14 heteroatoms. The van der Waals surface area contributed by atoms with Crippen molar-refractivity contribution in [1.82, 2.24) is 5.32 Å². The summed E-state index contributed by atoms with van der Waals surface area (Å²) >= 11 is 0. The molecular weight excluding hydrogens is 714 g/mol. The summed E-state index contributed by atoms with van der Waals surface area (Å²) in [6.45, 7) is 2.60. The maximum Gasteiger partial charge on any atom is 0.220 e. The van der Waals surface area contributed by atoms with Crippen LogP contribution in [-0.4, -0.2) is 140 Å². The van der Waals surface area contributed by atoms with Gasteiger partial charge in [-0.15, -0.1) is 0 Å². The van der Waals surface area contributed by atoms with E-state index in [1.807, 2.05) is 0 Å². The summed E-state index contributed by atoms with van der Waals surface area (Å²) < 4.78 is 22.5. The zero-order chi connectivity index (χ0) is 40.4. The molecule has 1 amide bonds. The van der Waals surface area contributed by atoms with E-state index in [9.17, 15) is 45.6 Å². The van der Waals surface area contributed by atoms with Gasteiger partial charge >= 0.3 is 0 Å². The van der Waals surface area contributed by atoms with Gasteiger partial charge in [-0.2, -0.15) is 0 Å². The van der Waals surface area contributed by atoms with Gasteiger partial charge in [-0.1, -0.05) is 108 Å². The molecule has 0 bridgehead atoms.